The SMILES string of the molecule is CCN(CC)c1ccc(Br)o1. The molecule has 0 radical (unpaired) electrons. The second-order valence-electron chi connectivity index (χ2n) is 2.25. The van der Waals surface area contributed by atoms with Gasteiger partial charge >= 0.3 is 0 Å². The van der Waals surface area contributed by atoms with E-state index in [9.17, 15) is 0 Å². The molecule has 0 aliphatic heterocycles. The van der Waals surface area contributed by atoms with Crippen LogP contribution in [0.1, 0.15) is 13.8 Å². The maximum Gasteiger partial charge on any atom is 0.196 e. The summed E-state index contributed by atoms with van der Waals surface area (Å²) in [6, 6.07) is 3.88. The van der Waals surface area contributed by atoms with E-state index in [1.807, 2.05) is 12.1 Å². The zero-order chi connectivity index (χ0) is 8.27. The lowest BCUT2D eigenvalue weighted by Gasteiger charge is -2.16. The number of furan rings is 1. The summed E-state index contributed by atoms with van der Waals surface area (Å²) in [5, 5.41) is 0. The van der Waals surface area contributed by atoms with Gasteiger partial charge in [0.1, 0.15) is 0 Å². The van der Waals surface area contributed by atoms with Crippen molar-refractivity contribution in [3.63, 3.8) is 0 Å². The lowest BCUT2D eigenvalue weighted by atomic mass is 10.5. The molecule has 0 aliphatic carbocycles. The number of nitrogens with zero attached hydrogens (tertiary/aromatic N) is 1. The third-order valence-electron chi connectivity index (χ3n) is 1.63. The number of hydrogen-bond donors (Lipinski definition) is 0. The van der Waals surface area contributed by atoms with Gasteiger partial charge in [-0.2, -0.15) is 0 Å². The Balaban J connectivity index is 2.73. The molecule has 0 fully saturated rings. The van der Waals surface area contributed by atoms with Crippen LogP contribution in [0.25, 0.3) is 0 Å². The second-order valence-corrected chi connectivity index (χ2v) is 3.03. The van der Waals surface area contributed by atoms with Crippen LogP contribution in [0.2, 0.25) is 0 Å². The quantitative estimate of drug-likeness (QED) is 0.775. The highest BCUT2D eigenvalue weighted by molar-refractivity contribution is 9.10. The van der Waals surface area contributed by atoms with Crippen molar-refractivity contribution in [2.45, 2.75) is 13.8 Å². The fourth-order valence-electron chi connectivity index (χ4n) is 1.01. The first kappa shape index (κ1) is 8.65. The number of anilines is 1. The molecule has 1 aromatic rings. The minimum absolute atomic E-state index is 0.791. The van der Waals surface area contributed by atoms with E-state index in [4.69, 9.17) is 4.42 Å². The molecule has 0 saturated carbocycles. The zero-order valence-corrected chi connectivity index (χ0v) is 8.39. The minimum atomic E-state index is 0.791. The lowest BCUT2D eigenvalue weighted by Crippen LogP contribution is -2.20. The van der Waals surface area contributed by atoms with E-state index in [0.717, 1.165) is 23.6 Å². The van der Waals surface area contributed by atoms with Gasteiger partial charge in [0.25, 0.3) is 0 Å². The highest BCUT2D eigenvalue weighted by Gasteiger charge is 2.04. The summed E-state index contributed by atoms with van der Waals surface area (Å²) in [4.78, 5) is 2.16. The summed E-state index contributed by atoms with van der Waals surface area (Å²) in [6.07, 6.45) is 0. The molecule has 0 atom stereocenters. The monoisotopic (exact) mass is 217 g/mol. The molecule has 1 rings (SSSR count). The van der Waals surface area contributed by atoms with Crippen molar-refractivity contribution in [1.82, 2.24) is 0 Å². The minimum Gasteiger partial charge on any atom is -0.434 e. The van der Waals surface area contributed by atoms with E-state index in [1.54, 1.807) is 0 Å². The molecule has 2 nitrogen and oxygen atoms in total. The van der Waals surface area contributed by atoms with Crippen LogP contribution in [0.15, 0.2) is 21.2 Å². The predicted molar refractivity (Wildman–Crippen MR) is 50.0 cm³/mol. The zero-order valence-electron chi connectivity index (χ0n) is 6.80. The molecule has 1 aromatic heterocycles. The van der Waals surface area contributed by atoms with E-state index in [2.05, 4.69) is 34.7 Å². The summed E-state index contributed by atoms with van der Waals surface area (Å²) in [5.74, 6) is 0.932. The van der Waals surface area contributed by atoms with Crippen molar-refractivity contribution < 1.29 is 4.42 Å². The van der Waals surface area contributed by atoms with Gasteiger partial charge in [0.05, 0.1) is 0 Å². The molecule has 0 N–H and O–H groups in total. The molecule has 0 saturated heterocycles. The number of rotatable bonds is 3. The van der Waals surface area contributed by atoms with Crippen LogP contribution in [-0.2, 0) is 0 Å². The molecule has 62 valence electrons. The smallest absolute Gasteiger partial charge is 0.196 e. The number of hydrogen-bond acceptors (Lipinski definition) is 2. The van der Waals surface area contributed by atoms with Gasteiger partial charge in [-0.15, -0.1) is 0 Å². The van der Waals surface area contributed by atoms with Gasteiger partial charge in [-0.05, 0) is 35.8 Å². The van der Waals surface area contributed by atoms with Crippen LogP contribution in [0.3, 0.4) is 0 Å². The molecule has 0 spiro atoms. The van der Waals surface area contributed by atoms with Crippen LogP contribution in [0, 0.1) is 0 Å². The van der Waals surface area contributed by atoms with E-state index < -0.39 is 0 Å². The molecule has 0 aliphatic rings. The third-order valence-corrected chi connectivity index (χ3v) is 2.06. The van der Waals surface area contributed by atoms with Crippen molar-refractivity contribution in [2.75, 3.05) is 18.0 Å². The summed E-state index contributed by atoms with van der Waals surface area (Å²) in [6.45, 7) is 6.19. The highest BCUT2D eigenvalue weighted by atomic mass is 79.9. The molecule has 0 unspecified atom stereocenters. The van der Waals surface area contributed by atoms with Gasteiger partial charge in [0.15, 0.2) is 10.6 Å². The summed E-state index contributed by atoms with van der Waals surface area (Å²) in [5.41, 5.74) is 0. The Bertz CT molecular complexity index is 218. The van der Waals surface area contributed by atoms with E-state index >= 15 is 0 Å². The summed E-state index contributed by atoms with van der Waals surface area (Å²) in [7, 11) is 0. The maximum atomic E-state index is 5.37. The molecule has 0 amide bonds. The molecular weight excluding hydrogens is 206 g/mol. The van der Waals surface area contributed by atoms with E-state index in [0.29, 0.717) is 0 Å². The van der Waals surface area contributed by atoms with Gasteiger partial charge in [-0.3, -0.25) is 0 Å². The molecule has 1 heterocycles. The largest absolute Gasteiger partial charge is 0.434 e. The molecule has 3 heteroatoms. The van der Waals surface area contributed by atoms with Gasteiger partial charge < -0.3 is 9.32 Å². The fourth-order valence-corrected chi connectivity index (χ4v) is 1.31. The van der Waals surface area contributed by atoms with Crippen LogP contribution < -0.4 is 4.90 Å². The molecule has 0 bridgehead atoms. The van der Waals surface area contributed by atoms with Gasteiger partial charge in [0.2, 0.25) is 0 Å². The van der Waals surface area contributed by atoms with Crippen molar-refractivity contribution in [1.29, 1.82) is 0 Å². The molecule has 0 aromatic carbocycles. The second kappa shape index (κ2) is 3.81. The van der Waals surface area contributed by atoms with Gasteiger partial charge in [-0.25, -0.2) is 0 Å². The van der Waals surface area contributed by atoms with Gasteiger partial charge in [-0.1, -0.05) is 0 Å². The van der Waals surface area contributed by atoms with E-state index in [1.165, 1.54) is 0 Å². The Labute approximate surface area is 75.3 Å². The summed E-state index contributed by atoms with van der Waals surface area (Å²) >= 11 is 3.27. The first-order chi connectivity index (χ1) is 5.27. The average Bonchev–Trinajstić information content (AvgIpc) is 2.39. The topological polar surface area (TPSA) is 16.4 Å². The third kappa shape index (κ3) is 1.99. The Morgan fingerprint density at radius 3 is 2.36 bits per heavy atom. The first-order valence-electron chi connectivity index (χ1n) is 3.78. The van der Waals surface area contributed by atoms with Crippen LogP contribution in [-0.4, -0.2) is 13.1 Å². The Kier molecular flexibility index (Phi) is 3.00. The van der Waals surface area contributed by atoms with Crippen molar-refractivity contribution >= 4 is 21.8 Å². The highest BCUT2D eigenvalue weighted by Crippen LogP contribution is 2.21. The Morgan fingerprint density at radius 2 is 2.00 bits per heavy atom. The van der Waals surface area contributed by atoms with Crippen molar-refractivity contribution in [2.24, 2.45) is 0 Å². The maximum absolute atomic E-state index is 5.37. The fraction of sp³-hybridized carbons (Fsp3) is 0.500. The first-order valence-corrected chi connectivity index (χ1v) is 4.57. The lowest BCUT2D eigenvalue weighted by molar-refractivity contribution is 0.527. The molecule has 11 heavy (non-hydrogen) atoms. The predicted octanol–water partition coefficient (Wildman–Crippen LogP) is 2.89. The Morgan fingerprint density at radius 1 is 1.36 bits per heavy atom. The van der Waals surface area contributed by atoms with Crippen LogP contribution in [0.4, 0.5) is 5.88 Å². The van der Waals surface area contributed by atoms with E-state index in [-0.39, 0.29) is 0 Å². The molecular formula is C8H12BrNO. The van der Waals surface area contributed by atoms with Crippen LogP contribution >= 0.6 is 15.9 Å². The van der Waals surface area contributed by atoms with Crippen molar-refractivity contribution in [3.05, 3.63) is 16.8 Å². The van der Waals surface area contributed by atoms with Crippen molar-refractivity contribution in [3.8, 4) is 0 Å². The average molecular weight is 218 g/mol. The number of halogens is 1. The standard InChI is InChI=1S/C8H12BrNO/c1-3-10(4-2)8-6-5-7(9)11-8/h5-6H,3-4H2,1-2H3. The summed E-state index contributed by atoms with van der Waals surface area (Å²) < 4.78 is 6.16. The normalized spacial score (nSPS) is 10.1. The van der Waals surface area contributed by atoms with Crippen LogP contribution in [0.5, 0.6) is 0 Å². The Hall–Kier alpha value is -0.440. The van der Waals surface area contributed by atoms with Gasteiger partial charge in [0, 0.05) is 19.2 Å².